The van der Waals surface area contributed by atoms with Crippen LogP contribution in [0.15, 0.2) is 5.10 Å². The summed E-state index contributed by atoms with van der Waals surface area (Å²) in [5.74, 6) is 0. The summed E-state index contributed by atoms with van der Waals surface area (Å²) in [7, 11) is 1.84. The third kappa shape index (κ3) is 2.58. The summed E-state index contributed by atoms with van der Waals surface area (Å²) in [6, 6.07) is 0. The molecule has 0 aliphatic carbocycles. The Morgan fingerprint density at radius 3 is 2.38 bits per heavy atom. The molecule has 0 bridgehead atoms. The Balaban J connectivity index is 3.47. The number of nitrogens with two attached hydrogens (primary N) is 1. The van der Waals surface area contributed by atoms with E-state index >= 15 is 0 Å². The van der Waals surface area contributed by atoms with E-state index in [9.17, 15) is 0 Å². The van der Waals surface area contributed by atoms with Crippen molar-refractivity contribution in [3.8, 4) is 0 Å². The second-order valence-electron chi connectivity index (χ2n) is 1.69. The second kappa shape index (κ2) is 3.43. The molecule has 0 spiro atoms. The summed E-state index contributed by atoms with van der Waals surface area (Å²) in [5, 5.41) is 5.60. The van der Waals surface area contributed by atoms with Crippen LogP contribution in [0.25, 0.3) is 0 Å². The van der Waals surface area contributed by atoms with Gasteiger partial charge in [0.2, 0.25) is 0 Å². The van der Waals surface area contributed by atoms with Crippen molar-refractivity contribution in [1.82, 2.24) is 5.01 Å². The van der Waals surface area contributed by atoms with Gasteiger partial charge < -0.3 is 5.73 Å². The van der Waals surface area contributed by atoms with Gasteiger partial charge in [-0.15, -0.1) is 0 Å². The number of hydrazone groups is 1. The van der Waals surface area contributed by atoms with Gasteiger partial charge in [-0.2, -0.15) is 5.10 Å². The highest BCUT2D eigenvalue weighted by molar-refractivity contribution is 5.52. The molecule has 1 atom stereocenters. The van der Waals surface area contributed by atoms with Crippen molar-refractivity contribution in [1.29, 1.82) is 0 Å². The molecule has 0 amide bonds. The van der Waals surface area contributed by atoms with E-state index in [2.05, 4.69) is 5.10 Å². The first kappa shape index (κ1) is 7.43. The Labute approximate surface area is 50.2 Å². The molecule has 0 aliphatic rings. The standard InChI is InChI=1S/C5H13N3/c1-4-7-8(3)5(2)6/h4-5H,6H2,1-3H3/b7-4-. The largest absolute Gasteiger partial charge is 0.310 e. The van der Waals surface area contributed by atoms with E-state index in [1.165, 1.54) is 0 Å². The van der Waals surface area contributed by atoms with Gasteiger partial charge in [-0.3, -0.25) is 5.01 Å². The fraction of sp³-hybridized carbons (Fsp3) is 0.800. The molecule has 0 aliphatic heterocycles. The van der Waals surface area contributed by atoms with Crippen LogP contribution in [-0.4, -0.2) is 24.4 Å². The lowest BCUT2D eigenvalue weighted by molar-refractivity contribution is 0.278. The second-order valence-corrected chi connectivity index (χ2v) is 1.69. The van der Waals surface area contributed by atoms with Crippen LogP contribution in [0.2, 0.25) is 0 Å². The van der Waals surface area contributed by atoms with Gasteiger partial charge in [0.15, 0.2) is 0 Å². The minimum absolute atomic E-state index is 0.00574. The molecule has 0 rings (SSSR count). The van der Waals surface area contributed by atoms with E-state index in [-0.39, 0.29) is 6.17 Å². The van der Waals surface area contributed by atoms with Crippen LogP contribution >= 0.6 is 0 Å². The number of hydrogen-bond acceptors (Lipinski definition) is 3. The topological polar surface area (TPSA) is 41.6 Å². The van der Waals surface area contributed by atoms with Crippen LogP contribution in [0.5, 0.6) is 0 Å². The van der Waals surface area contributed by atoms with Crippen LogP contribution < -0.4 is 5.73 Å². The van der Waals surface area contributed by atoms with E-state index in [0.717, 1.165) is 0 Å². The lowest BCUT2D eigenvalue weighted by atomic mass is 10.6. The van der Waals surface area contributed by atoms with Crippen molar-refractivity contribution in [2.24, 2.45) is 10.8 Å². The fourth-order valence-electron chi connectivity index (χ4n) is 0.287. The normalized spacial score (nSPS) is 14.5. The maximum absolute atomic E-state index is 5.43. The highest BCUT2D eigenvalue weighted by Gasteiger charge is 1.94. The predicted octanol–water partition coefficient (Wildman–Crippen LogP) is 0.229. The number of nitrogens with zero attached hydrogens (tertiary/aromatic N) is 2. The van der Waals surface area contributed by atoms with Gasteiger partial charge in [-0.1, -0.05) is 0 Å². The Morgan fingerprint density at radius 1 is 1.75 bits per heavy atom. The van der Waals surface area contributed by atoms with Crippen LogP contribution in [0.3, 0.4) is 0 Å². The van der Waals surface area contributed by atoms with Crippen molar-refractivity contribution in [3.05, 3.63) is 0 Å². The molecule has 0 radical (unpaired) electrons. The molecule has 0 heterocycles. The average Bonchev–Trinajstić information content (AvgIpc) is 1.67. The van der Waals surface area contributed by atoms with Crippen LogP contribution in [0.1, 0.15) is 13.8 Å². The zero-order chi connectivity index (χ0) is 6.57. The van der Waals surface area contributed by atoms with Crippen LogP contribution in [0.4, 0.5) is 0 Å². The third-order valence-corrected chi connectivity index (χ3v) is 0.887. The van der Waals surface area contributed by atoms with E-state index in [4.69, 9.17) is 5.73 Å². The van der Waals surface area contributed by atoms with Crippen molar-refractivity contribution in [2.45, 2.75) is 20.0 Å². The van der Waals surface area contributed by atoms with Gasteiger partial charge in [0, 0.05) is 13.3 Å². The van der Waals surface area contributed by atoms with Crippen LogP contribution in [0, 0.1) is 0 Å². The van der Waals surface area contributed by atoms with Crippen molar-refractivity contribution in [3.63, 3.8) is 0 Å². The third-order valence-electron chi connectivity index (χ3n) is 0.887. The lowest BCUT2D eigenvalue weighted by Gasteiger charge is -2.15. The average molecular weight is 115 g/mol. The van der Waals surface area contributed by atoms with Crippen molar-refractivity contribution in [2.75, 3.05) is 7.05 Å². The Hall–Kier alpha value is -0.570. The highest BCUT2D eigenvalue weighted by Crippen LogP contribution is 1.84. The monoisotopic (exact) mass is 115 g/mol. The summed E-state index contributed by atoms with van der Waals surface area (Å²) in [6.07, 6.45) is 1.72. The molecule has 0 fully saturated rings. The molecule has 1 unspecified atom stereocenters. The summed E-state index contributed by atoms with van der Waals surface area (Å²) < 4.78 is 0. The van der Waals surface area contributed by atoms with Crippen LogP contribution in [-0.2, 0) is 0 Å². The molecule has 8 heavy (non-hydrogen) atoms. The SMILES string of the molecule is C/C=N\N(C)C(C)N. The number of hydrogen-bond donors (Lipinski definition) is 1. The molecule has 3 heteroatoms. The van der Waals surface area contributed by atoms with Gasteiger partial charge in [0.05, 0.1) is 6.17 Å². The smallest absolute Gasteiger partial charge is 0.0907 e. The van der Waals surface area contributed by atoms with Gasteiger partial charge in [-0.05, 0) is 13.8 Å². The highest BCUT2D eigenvalue weighted by atomic mass is 15.5. The first-order valence-electron chi connectivity index (χ1n) is 2.65. The zero-order valence-electron chi connectivity index (χ0n) is 5.63. The molecule has 3 nitrogen and oxygen atoms in total. The van der Waals surface area contributed by atoms with Gasteiger partial charge in [-0.25, -0.2) is 0 Å². The summed E-state index contributed by atoms with van der Waals surface area (Å²) in [6.45, 7) is 3.74. The summed E-state index contributed by atoms with van der Waals surface area (Å²) in [4.78, 5) is 0. The first-order valence-corrected chi connectivity index (χ1v) is 2.65. The molecule has 2 N–H and O–H groups in total. The minimum Gasteiger partial charge on any atom is -0.310 e. The predicted molar refractivity (Wildman–Crippen MR) is 35.6 cm³/mol. The fourth-order valence-corrected chi connectivity index (χ4v) is 0.287. The van der Waals surface area contributed by atoms with E-state index in [0.29, 0.717) is 0 Å². The molecular weight excluding hydrogens is 102 g/mol. The summed E-state index contributed by atoms with van der Waals surface area (Å²) >= 11 is 0. The van der Waals surface area contributed by atoms with Crippen molar-refractivity contribution < 1.29 is 0 Å². The lowest BCUT2D eigenvalue weighted by Crippen LogP contribution is -2.32. The Bertz CT molecular complexity index is 77.7. The van der Waals surface area contributed by atoms with Gasteiger partial charge in [0.1, 0.15) is 0 Å². The molecular formula is C5H13N3. The van der Waals surface area contributed by atoms with Gasteiger partial charge in [0.25, 0.3) is 0 Å². The molecule has 0 aromatic heterocycles. The first-order chi connectivity index (χ1) is 3.68. The minimum atomic E-state index is 0.00574. The van der Waals surface area contributed by atoms with E-state index in [1.807, 2.05) is 20.9 Å². The molecule has 48 valence electrons. The molecule has 0 aromatic carbocycles. The molecule has 0 aromatic rings. The number of rotatable bonds is 2. The maximum atomic E-state index is 5.43. The maximum Gasteiger partial charge on any atom is 0.0907 e. The Kier molecular flexibility index (Phi) is 3.19. The van der Waals surface area contributed by atoms with Crippen molar-refractivity contribution >= 4 is 6.21 Å². The molecule has 0 saturated carbocycles. The van der Waals surface area contributed by atoms with E-state index < -0.39 is 0 Å². The van der Waals surface area contributed by atoms with Gasteiger partial charge >= 0.3 is 0 Å². The summed E-state index contributed by atoms with van der Waals surface area (Å²) in [5.41, 5.74) is 5.43. The quantitative estimate of drug-likeness (QED) is 0.318. The Morgan fingerprint density at radius 2 is 2.25 bits per heavy atom. The van der Waals surface area contributed by atoms with E-state index in [1.54, 1.807) is 11.2 Å². The molecule has 0 saturated heterocycles. The zero-order valence-corrected chi connectivity index (χ0v) is 5.63.